The molecule has 2 N–H and O–H groups in total. The molecule has 2 aliphatic heterocycles. The molecule has 2 rings (SSSR count). The van der Waals surface area contributed by atoms with Gasteiger partial charge in [-0.3, -0.25) is 4.79 Å². The number of carbonyl (C=O) groups excluding carboxylic acids is 2. The third kappa shape index (κ3) is 5.39. The van der Waals surface area contributed by atoms with Crippen molar-refractivity contribution in [3.63, 3.8) is 0 Å². The number of amides is 2. The van der Waals surface area contributed by atoms with Crippen molar-refractivity contribution < 1.29 is 14.3 Å². The first-order valence-corrected chi connectivity index (χ1v) is 8.86. The average molecular weight is 315 g/mol. The summed E-state index contributed by atoms with van der Waals surface area (Å²) in [4.78, 5) is 25.3. The molecule has 6 nitrogen and oxygen atoms in total. The SMILES string of the molecule is CCOC(=O)N1CCC(NC(=O)CC2CSCCN2)CC1. The molecule has 2 heterocycles. The minimum Gasteiger partial charge on any atom is -0.450 e. The van der Waals surface area contributed by atoms with Crippen LogP contribution in [-0.4, -0.2) is 66.7 Å². The quantitative estimate of drug-likeness (QED) is 0.804. The number of ether oxygens (including phenoxy) is 1. The van der Waals surface area contributed by atoms with E-state index in [2.05, 4.69) is 10.6 Å². The third-order valence-electron chi connectivity index (χ3n) is 3.82. The second kappa shape index (κ2) is 8.48. The molecule has 0 saturated carbocycles. The first-order valence-electron chi connectivity index (χ1n) is 7.71. The lowest BCUT2D eigenvalue weighted by Crippen LogP contribution is -2.48. The maximum atomic E-state index is 12.0. The number of nitrogens with one attached hydrogen (secondary N) is 2. The lowest BCUT2D eigenvalue weighted by molar-refractivity contribution is -0.122. The minimum absolute atomic E-state index is 0.115. The Hall–Kier alpha value is -0.950. The first kappa shape index (κ1) is 16.4. The van der Waals surface area contributed by atoms with Gasteiger partial charge in [0.25, 0.3) is 0 Å². The van der Waals surface area contributed by atoms with E-state index in [1.807, 2.05) is 18.7 Å². The van der Waals surface area contributed by atoms with E-state index >= 15 is 0 Å². The highest BCUT2D eigenvalue weighted by molar-refractivity contribution is 7.99. The van der Waals surface area contributed by atoms with Crippen LogP contribution in [0.3, 0.4) is 0 Å². The molecule has 2 amide bonds. The van der Waals surface area contributed by atoms with Crippen molar-refractivity contribution >= 4 is 23.8 Å². The van der Waals surface area contributed by atoms with Crippen LogP contribution >= 0.6 is 11.8 Å². The van der Waals surface area contributed by atoms with Gasteiger partial charge in [0.1, 0.15) is 0 Å². The van der Waals surface area contributed by atoms with Gasteiger partial charge < -0.3 is 20.3 Å². The van der Waals surface area contributed by atoms with Gasteiger partial charge in [-0.15, -0.1) is 0 Å². The zero-order valence-electron chi connectivity index (χ0n) is 12.6. The van der Waals surface area contributed by atoms with Crippen LogP contribution in [0.15, 0.2) is 0 Å². The van der Waals surface area contributed by atoms with E-state index in [1.54, 1.807) is 4.90 Å². The molecule has 2 saturated heterocycles. The molecule has 0 aromatic carbocycles. The molecule has 1 atom stereocenters. The maximum absolute atomic E-state index is 12.0. The molecular formula is C14H25N3O3S. The molecule has 0 spiro atoms. The van der Waals surface area contributed by atoms with Crippen molar-refractivity contribution in [3.05, 3.63) is 0 Å². The average Bonchev–Trinajstić information content (AvgIpc) is 2.49. The molecule has 120 valence electrons. The summed E-state index contributed by atoms with van der Waals surface area (Å²) in [6.45, 7) is 4.51. The lowest BCUT2D eigenvalue weighted by atomic mass is 10.0. The van der Waals surface area contributed by atoms with E-state index in [0.29, 0.717) is 32.2 Å². The molecule has 21 heavy (non-hydrogen) atoms. The number of hydrogen-bond donors (Lipinski definition) is 2. The smallest absolute Gasteiger partial charge is 0.409 e. The summed E-state index contributed by atoms with van der Waals surface area (Å²) in [5.74, 6) is 2.25. The largest absolute Gasteiger partial charge is 0.450 e. The Kier molecular flexibility index (Phi) is 6.63. The van der Waals surface area contributed by atoms with Crippen molar-refractivity contribution in [2.24, 2.45) is 0 Å². The zero-order chi connectivity index (χ0) is 15.1. The van der Waals surface area contributed by atoms with Gasteiger partial charge in [-0.2, -0.15) is 11.8 Å². The molecular weight excluding hydrogens is 290 g/mol. The Morgan fingerprint density at radius 1 is 1.38 bits per heavy atom. The number of nitrogens with zero attached hydrogens (tertiary/aromatic N) is 1. The lowest BCUT2D eigenvalue weighted by Gasteiger charge is -2.32. The van der Waals surface area contributed by atoms with Crippen LogP contribution in [0.25, 0.3) is 0 Å². The van der Waals surface area contributed by atoms with Crippen LogP contribution in [0, 0.1) is 0 Å². The van der Waals surface area contributed by atoms with Crippen LogP contribution in [-0.2, 0) is 9.53 Å². The number of hydrogen-bond acceptors (Lipinski definition) is 5. The van der Waals surface area contributed by atoms with Gasteiger partial charge in [0.05, 0.1) is 6.61 Å². The third-order valence-corrected chi connectivity index (χ3v) is 4.95. The van der Waals surface area contributed by atoms with Gasteiger partial charge in [-0.05, 0) is 19.8 Å². The summed E-state index contributed by atoms with van der Waals surface area (Å²) >= 11 is 1.90. The standard InChI is InChI=1S/C14H25N3O3S/c1-2-20-14(19)17-6-3-11(4-7-17)16-13(18)9-12-10-21-8-5-15-12/h11-12,15H,2-10H2,1H3,(H,16,18). The maximum Gasteiger partial charge on any atom is 0.409 e. The molecule has 0 aliphatic carbocycles. The summed E-state index contributed by atoms with van der Waals surface area (Å²) < 4.78 is 4.99. The number of thioether (sulfide) groups is 1. The van der Waals surface area contributed by atoms with Crippen LogP contribution in [0.1, 0.15) is 26.2 Å². The second-order valence-electron chi connectivity index (χ2n) is 5.46. The summed E-state index contributed by atoms with van der Waals surface area (Å²) in [5.41, 5.74) is 0. The Bertz CT molecular complexity index is 353. The first-order chi connectivity index (χ1) is 10.2. The second-order valence-corrected chi connectivity index (χ2v) is 6.61. The summed E-state index contributed by atoms with van der Waals surface area (Å²) in [6.07, 6.45) is 1.91. The van der Waals surface area contributed by atoms with Crippen LogP contribution in [0.5, 0.6) is 0 Å². The van der Waals surface area contributed by atoms with Crippen molar-refractivity contribution in [1.29, 1.82) is 0 Å². The van der Waals surface area contributed by atoms with Gasteiger partial charge in [0.15, 0.2) is 0 Å². The minimum atomic E-state index is -0.245. The van der Waals surface area contributed by atoms with E-state index < -0.39 is 0 Å². The van der Waals surface area contributed by atoms with Crippen LogP contribution in [0.4, 0.5) is 4.79 Å². The van der Waals surface area contributed by atoms with Crippen LogP contribution in [0.2, 0.25) is 0 Å². The highest BCUT2D eigenvalue weighted by atomic mass is 32.2. The molecule has 7 heteroatoms. The molecule has 0 aromatic rings. The number of carbonyl (C=O) groups is 2. The van der Waals surface area contributed by atoms with Gasteiger partial charge in [0, 0.05) is 49.6 Å². The van der Waals surface area contributed by atoms with Crippen molar-refractivity contribution in [1.82, 2.24) is 15.5 Å². The molecule has 2 aliphatic rings. The molecule has 0 bridgehead atoms. The Morgan fingerprint density at radius 2 is 2.14 bits per heavy atom. The molecule has 0 radical (unpaired) electrons. The van der Waals surface area contributed by atoms with E-state index in [0.717, 1.165) is 30.9 Å². The summed E-state index contributed by atoms with van der Waals surface area (Å²) in [7, 11) is 0. The van der Waals surface area contributed by atoms with Gasteiger partial charge in [0.2, 0.25) is 5.91 Å². The highest BCUT2D eigenvalue weighted by Gasteiger charge is 2.25. The Balaban J connectivity index is 1.65. The van der Waals surface area contributed by atoms with E-state index in [9.17, 15) is 9.59 Å². The predicted molar refractivity (Wildman–Crippen MR) is 83.5 cm³/mol. The van der Waals surface area contributed by atoms with E-state index in [1.165, 1.54) is 0 Å². The Labute approximate surface area is 130 Å². The van der Waals surface area contributed by atoms with Crippen molar-refractivity contribution in [2.75, 3.05) is 37.7 Å². The summed E-state index contributed by atoms with van der Waals surface area (Å²) in [6, 6.07) is 0.475. The van der Waals surface area contributed by atoms with Crippen LogP contribution < -0.4 is 10.6 Å². The van der Waals surface area contributed by atoms with Gasteiger partial charge >= 0.3 is 6.09 Å². The fraction of sp³-hybridized carbons (Fsp3) is 0.857. The van der Waals surface area contributed by atoms with E-state index in [4.69, 9.17) is 4.74 Å². The fourth-order valence-corrected chi connectivity index (χ4v) is 3.63. The predicted octanol–water partition coefficient (Wildman–Crippen LogP) is 0.819. The van der Waals surface area contributed by atoms with Crippen molar-refractivity contribution in [3.8, 4) is 0 Å². The van der Waals surface area contributed by atoms with Gasteiger partial charge in [-0.25, -0.2) is 4.79 Å². The molecule has 1 unspecified atom stereocenters. The Morgan fingerprint density at radius 3 is 2.76 bits per heavy atom. The summed E-state index contributed by atoms with van der Waals surface area (Å²) in [5, 5.41) is 6.46. The number of likely N-dealkylation sites (tertiary alicyclic amines) is 1. The van der Waals surface area contributed by atoms with E-state index in [-0.39, 0.29) is 18.0 Å². The van der Waals surface area contributed by atoms with Gasteiger partial charge in [-0.1, -0.05) is 0 Å². The molecule has 0 aromatic heterocycles. The normalized spacial score (nSPS) is 23.7. The topological polar surface area (TPSA) is 70.7 Å². The fourth-order valence-electron chi connectivity index (χ4n) is 2.68. The monoisotopic (exact) mass is 315 g/mol. The zero-order valence-corrected chi connectivity index (χ0v) is 13.4. The molecule has 2 fully saturated rings. The number of rotatable bonds is 4. The highest BCUT2D eigenvalue weighted by Crippen LogP contribution is 2.13. The van der Waals surface area contributed by atoms with Crippen molar-refractivity contribution in [2.45, 2.75) is 38.3 Å². The number of piperidine rings is 1.